The maximum Gasteiger partial charge on any atom is 0.195 e. The summed E-state index contributed by atoms with van der Waals surface area (Å²) in [4.78, 5) is 9.01. The third-order valence-electron chi connectivity index (χ3n) is 3.76. The summed E-state index contributed by atoms with van der Waals surface area (Å²) in [6.45, 7) is 6.13. The fraction of sp³-hybridized carbons (Fsp3) is 0.368. The molecular weight excluding hydrogens is 378 g/mol. The van der Waals surface area contributed by atoms with Crippen LogP contribution in [-0.4, -0.2) is 37.6 Å². The molecule has 3 rings (SSSR count). The first-order valence-corrected chi connectivity index (χ1v) is 10.7. The lowest BCUT2D eigenvalue weighted by molar-refractivity contribution is 0.414. The van der Waals surface area contributed by atoms with Crippen molar-refractivity contribution < 1.29 is 4.74 Å². The average molecular weight is 402 g/mol. The molecule has 0 spiro atoms. The van der Waals surface area contributed by atoms with Gasteiger partial charge in [0.15, 0.2) is 10.3 Å². The Hall–Kier alpha value is -2.06. The normalized spacial score (nSPS) is 11.0. The lowest BCUT2D eigenvalue weighted by atomic mass is 10.3. The van der Waals surface area contributed by atoms with Crippen molar-refractivity contribution in [1.82, 2.24) is 24.7 Å². The van der Waals surface area contributed by atoms with E-state index in [1.165, 1.54) is 0 Å². The predicted octanol–water partition coefficient (Wildman–Crippen LogP) is 4.48. The lowest BCUT2D eigenvalue weighted by Crippen LogP contribution is -2.03. The van der Waals surface area contributed by atoms with E-state index in [1.807, 2.05) is 44.2 Å². The van der Waals surface area contributed by atoms with Gasteiger partial charge in [-0.2, -0.15) is 0 Å². The van der Waals surface area contributed by atoms with Gasteiger partial charge in [-0.25, -0.2) is 9.97 Å². The molecule has 27 heavy (non-hydrogen) atoms. The number of benzene rings is 1. The summed E-state index contributed by atoms with van der Waals surface area (Å²) in [6, 6.07) is 9.93. The Morgan fingerprint density at radius 1 is 1.00 bits per heavy atom. The van der Waals surface area contributed by atoms with E-state index in [2.05, 4.69) is 31.7 Å². The second kappa shape index (κ2) is 9.23. The van der Waals surface area contributed by atoms with E-state index in [4.69, 9.17) is 4.74 Å². The number of methoxy groups -OCH3 is 1. The summed E-state index contributed by atoms with van der Waals surface area (Å²) < 4.78 is 7.38. The van der Waals surface area contributed by atoms with E-state index >= 15 is 0 Å². The van der Waals surface area contributed by atoms with Crippen LogP contribution in [0.3, 0.4) is 0 Å². The second-order valence-corrected chi connectivity index (χ2v) is 8.01. The van der Waals surface area contributed by atoms with Crippen molar-refractivity contribution >= 4 is 23.5 Å². The highest BCUT2D eigenvalue weighted by molar-refractivity contribution is 7.99. The standard InChI is InChI=1S/C19H23N5OS2/c1-5-10-26-19-23-22-17(12-27-18-20-13(2)11-14(3)21-18)24(19)15-6-8-16(25-4)9-7-15/h6-9,11H,5,10,12H2,1-4H3. The third kappa shape index (κ3) is 5.01. The topological polar surface area (TPSA) is 65.7 Å². The van der Waals surface area contributed by atoms with Crippen molar-refractivity contribution in [3.8, 4) is 11.4 Å². The summed E-state index contributed by atoms with van der Waals surface area (Å²) >= 11 is 3.29. The fourth-order valence-electron chi connectivity index (χ4n) is 2.56. The van der Waals surface area contributed by atoms with Crippen molar-refractivity contribution in [3.05, 3.63) is 47.5 Å². The van der Waals surface area contributed by atoms with Crippen LogP contribution < -0.4 is 4.74 Å². The lowest BCUT2D eigenvalue weighted by Gasteiger charge is -2.11. The smallest absolute Gasteiger partial charge is 0.195 e. The maximum absolute atomic E-state index is 5.27. The fourth-order valence-corrected chi connectivity index (χ4v) is 4.25. The van der Waals surface area contributed by atoms with Crippen LogP contribution in [0.1, 0.15) is 30.6 Å². The largest absolute Gasteiger partial charge is 0.497 e. The van der Waals surface area contributed by atoms with Gasteiger partial charge in [0, 0.05) is 22.8 Å². The van der Waals surface area contributed by atoms with E-state index in [0.29, 0.717) is 5.75 Å². The molecule has 0 bridgehead atoms. The third-order valence-corrected chi connectivity index (χ3v) is 5.74. The van der Waals surface area contributed by atoms with Crippen LogP contribution in [0, 0.1) is 13.8 Å². The Morgan fingerprint density at radius 2 is 1.70 bits per heavy atom. The zero-order valence-corrected chi connectivity index (χ0v) is 17.6. The molecule has 0 N–H and O–H groups in total. The van der Waals surface area contributed by atoms with E-state index < -0.39 is 0 Å². The molecule has 0 saturated carbocycles. The molecule has 6 nitrogen and oxygen atoms in total. The van der Waals surface area contributed by atoms with E-state index in [0.717, 1.165) is 51.1 Å². The SMILES string of the molecule is CCCSc1nnc(CSc2nc(C)cc(C)n2)n1-c1ccc(OC)cc1. The van der Waals surface area contributed by atoms with Crippen LogP contribution in [0.5, 0.6) is 5.75 Å². The Labute approximate surface area is 168 Å². The van der Waals surface area contributed by atoms with Crippen molar-refractivity contribution in [3.63, 3.8) is 0 Å². The molecule has 0 aliphatic carbocycles. The molecule has 3 aromatic rings. The van der Waals surface area contributed by atoms with Crippen LogP contribution in [0.15, 0.2) is 40.6 Å². The van der Waals surface area contributed by atoms with Gasteiger partial charge >= 0.3 is 0 Å². The number of nitrogens with zero attached hydrogens (tertiary/aromatic N) is 5. The molecule has 0 unspecified atom stereocenters. The molecule has 0 fully saturated rings. The molecule has 142 valence electrons. The van der Waals surface area contributed by atoms with Crippen LogP contribution in [0.25, 0.3) is 5.69 Å². The number of rotatable bonds is 8. The summed E-state index contributed by atoms with van der Waals surface area (Å²) in [5.41, 5.74) is 2.97. The summed E-state index contributed by atoms with van der Waals surface area (Å²) in [6.07, 6.45) is 1.08. The molecule has 1 aromatic carbocycles. The summed E-state index contributed by atoms with van der Waals surface area (Å²) in [7, 11) is 1.67. The molecule has 0 aliphatic heterocycles. The molecule has 0 saturated heterocycles. The van der Waals surface area contributed by atoms with Gasteiger partial charge in [-0.15, -0.1) is 10.2 Å². The predicted molar refractivity (Wildman–Crippen MR) is 110 cm³/mol. The molecule has 2 heterocycles. The van der Waals surface area contributed by atoms with Gasteiger partial charge in [0.05, 0.1) is 12.9 Å². The number of hydrogen-bond donors (Lipinski definition) is 0. The number of aromatic nitrogens is 5. The minimum absolute atomic E-state index is 0.647. The van der Waals surface area contributed by atoms with E-state index in [-0.39, 0.29) is 0 Å². The Balaban J connectivity index is 1.88. The van der Waals surface area contributed by atoms with Crippen LogP contribution >= 0.6 is 23.5 Å². The van der Waals surface area contributed by atoms with Gasteiger partial charge in [0.1, 0.15) is 11.6 Å². The first-order valence-electron chi connectivity index (χ1n) is 8.77. The zero-order chi connectivity index (χ0) is 19.2. The minimum Gasteiger partial charge on any atom is -0.497 e. The van der Waals surface area contributed by atoms with Crippen LogP contribution in [0.4, 0.5) is 0 Å². The van der Waals surface area contributed by atoms with Gasteiger partial charge in [-0.05, 0) is 50.6 Å². The van der Waals surface area contributed by atoms with Crippen molar-refractivity contribution in [2.75, 3.05) is 12.9 Å². The zero-order valence-electron chi connectivity index (χ0n) is 16.0. The number of aryl methyl sites for hydroxylation is 2. The number of hydrogen-bond acceptors (Lipinski definition) is 7. The van der Waals surface area contributed by atoms with Crippen molar-refractivity contribution in [2.24, 2.45) is 0 Å². The Morgan fingerprint density at radius 3 is 2.33 bits per heavy atom. The van der Waals surface area contributed by atoms with Gasteiger partial charge in [-0.3, -0.25) is 4.57 Å². The van der Waals surface area contributed by atoms with Gasteiger partial charge < -0.3 is 4.74 Å². The minimum atomic E-state index is 0.647. The number of thioether (sulfide) groups is 2. The maximum atomic E-state index is 5.27. The molecule has 0 amide bonds. The number of ether oxygens (including phenoxy) is 1. The van der Waals surface area contributed by atoms with Crippen molar-refractivity contribution in [2.45, 2.75) is 43.3 Å². The molecule has 0 atom stereocenters. The molecule has 0 aliphatic rings. The second-order valence-electron chi connectivity index (χ2n) is 6.00. The summed E-state index contributed by atoms with van der Waals surface area (Å²) in [5.74, 6) is 3.36. The van der Waals surface area contributed by atoms with Crippen LogP contribution in [0.2, 0.25) is 0 Å². The quantitative estimate of drug-likeness (QED) is 0.407. The first-order chi connectivity index (χ1) is 13.1. The van der Waals surface area contributed by atoms with Crippen molar-refractivity contribution in [1.29, 1.82) is 0 Å². The highest BCUT2D eigenvalue weighted by Gasteiger charge is 2.15. The summed E-state index contributed by atoms with van der Waals surface area (Å²) in [5, 5.41) is 10.5. The highest BCUT2D eigenvalue weighted by Crippen LogP contribution is 2.27. The van der Waals surface area contributed by atoms with E-state index in [1.54, 1.807) is 30.6 Å². The van der Waals surface area contributed by atoms with Crippen LogP contribution in [-0.2, 0) is 5.75 Å². The van der Waals surface area contributed by atoms with Gasteiger partial charge in [0.2, 0.25) is 0 Å². The van der Waals surface area contributed by atoms with E-state index in [9.17, 15) is 0 Å². The monoisotopic (exact) mass is 401 g/mol. The molecule has 8 heteroatoms. The highest BCUT2D eigenvalue weighted by atomic mass is 32.2. The Kier molecular flexibility index (Phi) is 6.73. The molecule has 0 radical (unpaired) electrons. The average Bonchev–Trinajstić information content (AvgIpc) is 3.07. The van der Waals surface area contributed by atoms with Gasteiger partial charge in [0.25, 0.3) is 0 Å². The first kappa shape index (κ1) is 19.7. The van der Waals surface area contributed by atoms with Gasteiger partial charge in [-0.1, -0.05) is 30.4 Å². The molecule has 2 aromatic heterocycles. The molecular formula is C19H23N5OS2. The Bertz CT molecular complexity index is 875.